The number of piperidine rings is 1. The number of quaternary nitrogens is 1. The molecule has 102 valence electrons. The van der Waals surface area contributed by atoms with Crippen LogP contribution in [0.4, 0.5) is 0 Å². The van der Waals surface area contributed by atoms with E-state index in [2.05, 4.69) is 0 Å². The van der Waals surface area contributed by atoms with Gasteiger partial charge >= 0.3 is 0 Å². The van der Waals surface area contributed by atoms with Crippen molar-refractivity contribution in [2.24, 2.45) is 5.92 Å². The number of rotatable bonds is 0. The zero-order valence-electron chi connectivity index (χ0n) is 11.2. The second-order valence-electron chi connectivity index (χ2n) is 6.63. The van der Waals surface area contributed by atoms with Crippen LogP contribution in [0, 0.1) is 11.1 Å². The van der Waals surface area contributed by atoms with Crippen LogP contribution >= 0.6 is 0 Å². The first-order valence-electron chi connectivity index (χ1n) is 7.56. The Bertz CT molecular complexity index is 515. The number of nitrogens with one attached hydrogen (secondary N) is 1. The third-order valence-electron chi connectivity index (χ3n) is 5.88. The van der Waals surface area contributed by atoms with Crippen molar-refractivity contribution >= 4 is 0 Å². The molecule has 3 nitrogen and oxygen atoms in total. The average Bonchev–Trinajstić information content (AvgIpc) is 2.43. The van der Waals surface area contributed by atoms with Crippen molar-refractivity contribution in [2.75, 3.05) is 6.54 Å². The third-order valence-corrected chi connectivity index (χ3v) is 5.88. The van der Waals surface area contributed by atoms with Crippen molar-refractivity contribution in [3.63, 3.8) is 0 Å². The van der Waals surface area contributed by atoms with Gasteiger partial charge in [-0.15, -0.1) is 0 Å². The van der Waals surface area contributed by atoms with Crippen LogP contribution in [0.5, 0.6) is 5.75 Å². The molecule has 4 atom stereocenters. The third kappa shape index (κ3) is 1.52. The number of hydrogen-bond acceptors (Lipinski definition) is 2. The molecular weight excluding hydrogens is 238 g/mol. The SMILES string of the molecule is [O-][NH+]1CC[C@@]23CCCC[C@H]2[C@@H]1Cc1ccc(O)cc13. The van der Waals surface area contributed by atoms with Crippen LogP contribution in [0.25, 0.3) is 0 Å². The van der Waals surface area contributed by atoms with E-state index in [9.17, 15) is 10.3 Å². The number of aromatic hydroxyl groups is 1. The summed E-state index contributed by atoms with van der Waals surface area (Å²) in [5.41, 5.74) is 2.87. The lowest BCUT2D eigenvalue weighted by Crippen LogP contribution is -3.15. The number of phenols is 1. The number of phenolic OH excluding ortho intramolecular Hbond substituents is 1. The Labute approximate surface area is 113 Å². The first-order valence-corrected chi connectivity index (χ1v) is 7.56. The van der Waals surface area contributed by atoms with Gasteiger partial charge < -0.3 is 15.4 Å². The minimum atomic E-state index is 0.198. The lowest BCUT2D eigenvalue weighted by molar-refractivity contribution is -0.889. The van der Waals surface area contributed by atoms with Gasteiger partial charge in [-0.3, -0.25) is 0 Å². The van der Waals surface area contributed by atoms with Crippen LogP contribution in [0.15, 0.2) is 18.2 Å². The van der Waals surface area contributed by atoms with Crippen molar-refractivity contribution in [1.29, 1.82) is 0 Å². The van der Waals surface area contributed by atoms with Crippen LogP contribution in [-0.4, -0.2) is 17.7 Å². The second-order valence-corrected chi connectivity index (χ2v) is 6.63. The fraction of sp³-hybridized carbons (Fsp3) is 0.625. The molecule has 3 aliphatic rings. The molecule has 0 aromatic heterocycles. The minimum Gasteiger partial charge on any atom is -0.634 e. The van der Waals surface area contributed by atoms with E-state index in [1.807, 2.05) is 12.1 Å². The predicted octanol–water partition coefficient (Wildman–Crippen LogP) is 1.53. The van der Waals surface area contributed by atoms with E-state index >= 15 is 0 Å². The number of benzene rings is 1. The van der Waals surface area contributed by atoms with Crippen molar-refractivity contribution < 1.29 is 10.2 Å². The summed E-state index contributed by atoms with van der Waals surface area (Å²) >= 11 is 0. The Morgan fingerprint density at radius 2 is 2.16 bits per heavy atom. The van der Waals surface area contributed by atoms with Gasteiger partial charge in [-0.2, -0.15) is 0 Å². The maximum Gasteiger partial charge on any atom is 0.115 e. The van der Waals surface area contributed by atoms with E-state index in [0.29, 0.717) is 16.7 Å². The molecule has 3 heteroatoms. The zero-order valence-corrected chi connectivity index (χ0v) is 11.2. The Kier molecular flexibility index (Phi) is 2.45. The maximum absolute atomic E-state index is 12.3. The van der Waals surface area contributed by atoms with Crippen molar-refractivity contribution in [3.05, 3.63) is 34.5 Å². The summed E-state index contributed by atoms with van der Waals surface area (Å²) in [5.74, 6) is 0.921. The molecular formula is C16H21NO2. The van der Waals surface area contributed by atoms with Gasteiger partial charge in [0.15, 0.2) is 0 Å². The van der Waals surface area contributed by atoms with Gasteiger partial charge in [0.05, 0.1) is 12.6 Å². The molecule has 1 unspecified atom stereocenters. The molecule has 2 bridgehead atoms. The molecule has 0 radical (unpaired) electrons. The van der Waals surface area contributed by atoms with E-state index < -0.39 is 0 Å². The molecule has 1 aliphatic heterocycles. The molecule has 4 rings (SSSR count). The highest BCUT2D eigenvalue weighted by Crippen LogP contribution is 2.53. The molecule has 19 heavy (non-hydrogen) atoms. The van der Waals surface area contributed by atoms with Crippen LogP contribution in [0.3, 0.4) is 0 Å². The van der Waals surface area contributed by atoms with Crippen LogP contribution in [-0.2, 0) is 11.8 Å². The Hall–Kier alpha value is -1.06. The van der Waals surface area contributed by atoms with Crippen molar-refractivity contribution in [1.82, 2.24) is 0 Å². The zero-order chi connectivity index (χ0) is 13.0. The molecule has 2 aliphatic carbocycles. The molecule has 0 spiro atoms. The summed E-state index contributed by atoms with van der Waals surface area (Å²) in [7, 11) is 0. The monoisotopic (exact) mass is 259 g/mol. The highest BCUT2D eigenvalue weighted by Gasteiger charge is 2.54. The Morgan fingerprint density at radius 3 is 3.05 bits per heavy atom. The highest BCUT2D eigenvalue weighted by molar-refractivity contribution is 5.44. The summed E-state index contributed by atoms with van der Waals surface area (Å²) in [6.45, 7) is 0.746. The van der Waals surface area contributed by atoms with Crippen molar-refractivity contribution in [2.45, 2.75) is 50.0 Å². The fourth-order valence-electron chi connectivity index (χ4n) is 5.09. The summed E-state index contributed by atoms with van der Waals surface area (Å²) < 4.78 is 0. The lowest BCUT2D eigenvalue weighted by Gasteiger charge is -2.58. The highest BCUT2D eigenvalue weighted by atomic mass is 16.5. The molecule has 1 aromatic rings. The van der Waals surface area contributed by atoms with Crippen LogP contribution in [0.2, 0.25) is 0 Å². The van der Waals surface area contributed by atoms with E-state index in [0.717, 1.165) is 19.4 Å². The molecule has 2 fully saturated rings. The molecule has 1 aromatic carbocycles. The van der Waals surface area contributed by atoms with Crippen LogP contribution in [0.1, 0.15) is 43.2 Å². The largest absolute Gasteiger partial charge is 0.634 e. The van der Waals surface area contributed by atoms with Crippen LogP contribution < -0.4 is 5.06 Å². The van der Waals surface area contributed by atoms with E-state index in [1.165, 1.54) is 36.8 Å². The topological polar surface area (TPSA) is 47.7 Å². The van der Waals surface area contributed by atoms with Gasteiger partial charge in [-0.05, 0) is 36.1 Å². The molecule has 1 heterocycles. The average molecular weight is 259 g/mol. The molecule has 0 amide bonds. The summed E-state index contributed by atoms with van der Waals surface area (Å²) in [4.78, 5) is 0. The van der Waals surface area contributed by atoms with E-state index in [-0.39, 0.29) is 11.5 Å². The molecule has 1 saturated carbocycles. The summed E-state index contributed by atoms with van der Waals surface area (Å²) in [5, 5.41) is 22.6. The van der Waals surface area contributed by atoms with Gasteiger partial charge in [0.25, 0.3) is 0 Å². The second kappa shape index (κ2) is 3.97. The first-order chi connectivity index (χ1) is 9.21. The van der Waals surface area contributed by atoms with Gasteiger partial charge in [0, 0.05) is 24.2 Å². The molecule has 2 N–H and O–H groups in total. The van der Waals surface area contributed by atoms with E-state index in [4.69, 9.17) is 0 Å². The lowest BCUT2D eigenvalue weighted by atomic mass is 9.52. The standard InChI is InChI=1S/C16H21NO2/c18-12-5-4-11-9-15-13-3-1-2-6-16(13,14(11)10-12)7-8-17(15)19/h4-5,10,13,15,17-18H,1-3,6-9H2/t13-,15-,16-/m0/s1. The Balaban J connectivity index is 1.90. The van der Waals surface area contributed by atoms with E-state index in [1.54, 1.807) is 6.07 Å². The summed E-state index contributed by atoms with van der Waals surface area (Å²) in [6.07, 6.45) is 6.85. The molecule has 1 saturated heterocycles. The van der Waals surface area contributed by atoms with Gasteiger partial charge in [0.2, 0.25) is 0 Å². The van der Waals surface area contributed by atoms with Crippen molar-refractivity contribution in [3.8, 4) is 5.75 Å². The quantitative estimate of drug-likeness (QED) is 0.694. The maximum atomic E-state index is 12.3. The minimum absolute atomic E-state index is 0.198. The smallest absolute Gasteiger partial charge is 0.115 e. The number of hydroxylamine groups is 2. The number of hydrogen-bond donors (Lipinski definition) is 2. The van der Waals surface area contributed by atoms with Gasteiger partial charge in [0.1, 0.15) is 5.75 Å². The van der Waals surface area contributed by atoms with Gasteiger partial charge in [-0.1, -0.05) is 18.9 Å². The fourth-order valence-corrected chi connectivity index (χ4v) is 5.09. The summed E-state index contributed by atoms with van der Waals surface area (Å²) in [6, 6.07) is 6.06. The predicted molar refractivity (Wildman–Crippen MR) is 73.0 cm³/mol. The Morgan fingerprint density at radius 1 is 1.26 bits per heavy atom. The van der Waals surface area contributed by atoms with Gasteiger partial charge in [-0.25, -0.2) is 0 Å². The first kappa shape index (κ1) is 11.7. The normalized spacial score (nSPS) is 40.4. The number of fused-ring (bicyclic) bond motifs is 1.